The van der Waals surface area contributed by atoms with E-state index >= 15 is 0 Å². The Bertz CT molecular complexity index is 565. The maximum absolute atomic E-state index is 13.0. The van der Waals surface area contributed by atoms with E-state index in [4.69, 9.17) is 0 Å². The number of nitrogens with zero attached hydrogens (tertiary/aromatic N) is 1. The molecule has 1 unspecified atom stereocenters. The van der Waals surface area contributed by atoms with Gasteiger partial charge in [0, 0.05) is 12.1 Å². The number of anilines is 1. The molecule has 3 aliphatic rings. The zero-order valence-electron chi connectivity index (χ0n) is 13.8. The molecule has 1 atom stereocenters. The zero-order valence-corrected chi connectivity index (χ0v) is 13.8. The quantitative estimate of drug-likeness (QED) is 0.670. The van der Waals surface area contributed by atoms with Crippen LogP contribution in [0.15, 0.2) is 30.9 Å². The van der Waals surface area contributed by atoms with Gasteiger partial charge in [-0.1, -0.05) is 24.8 Å². The van der Waals surface area contributed by atoms with Crippen LogP contribution in [0.1, 0.15) is 30.4 Å². The number of para-hydroxylation sites is 1. The number of carbonyl (C=O) groups excluding carboxylic acids is 1. The minimum absolute atomic E-state index is 0.0875. The number of hydrogen-bond acceptors (Lipinski definition) is 1. The van der Waals surface area contributed by atoms with Gasteiger partial charge < -0.3 is 9.80 Å². The second-order valence-electron chi connectivity index (χ2n) is 7.09. The van der Waals surface area contributed by atoms with Gasteiger partial charge in [0.2, 0.25) is 0 Å². The van der Waals surface area contributed by atoms with Gasteiger partial charge in [-0.25, -0.2) is 0 Å². The monoisotopic (exact) mass is 299 g/mol. The Morgan fingerprint density at radius 2 is 1.95 bits per heavy atom. The third-order valence-corrected chi connectivity index (χ3v) is 5.71. The van der Waals surface area contributed by atoms with E-state index in [2.05, 4.69) is 37.9 Å². The molecule has 1 aromatic carbocycles. The lowest BCUT2D eigenvalue weighted by molar-refractivity contribution is -0.952. The van der Waals surface area contributed by atoms with E-state index in [1.807, 2.05) is 12.1 Å². The van der Waals surface area contributed by atoms with E-state index in [0.29, 0.717) is 0 Å². The Labute approximate surface area is 133 Å². The molecule has 0 aliphatic carbocycles. The van der Waals surface area contributed by atoms with Crippen LogP contribution in [0.2, 0.25) is 0 Å². The summed E-state index contributed by atoms with van der Waals surface area (Å²) in [5, 5.41) is 3.23. The fourth-order valence-electron chi connectivity index (χ4n) is 4.36. The third-order valence-electron chi connectivity index (χ3n) is 5.71. The average Bonchev–Trinajstić information content (AvgIpc) is 2.52. The molecule has 3 fully saturated rings. The van der Waals surface area contributed by atoms with Crippen molar-refractivity contribution in [3.63, 3.8) is 0 Å². The summed E-state index contributed by atoms with van der Waals surface area (Å²) in [5.41, 5.74) is 3.27. The van der Waals surface area contributed by atoms with Crippen molar-refractivity contribution in [1.29, 1.82) is 0 Å². The number of benzene rings is 1. The Kier molecular flexibility index (Phi) is 4.09. The molecule has 3 heteroatoms. The second kappa shape index (κ2) is 5.88. The molecule has 0 aromatic heterocycles. The van der Waals surface area contributed by atoms with Crippen LogP contribution in [0.25, 0.3) is 0 Å². The summed E-state index contributed by atoms with van der Waals surface area (Å²) in [5.74, 6) is 0.933. The SMILES string of the molecule is C=CC[N+]12CCC(CC1)CC2C(=O)Nc1c(C)cccc1C. The summed E-state index contributed by atoms with van der Waals surface area (Å²) < 4.78 is 0.913. The number of rotatable bonds is 4. The number of aryl methyl sites for hydroxylation is 2. The molecule has 118 valence electrons. The first-order valence-corrected chi connectivity index (χ1v) is 8.39. The van der Waals surface area contributed by atoms with Gasteiger partial charge in [0.15, 0.2) is 6.04 Å². The van der Waals surface area contributed by atoms with Crippen LogP contribution in [0, 0.1) is 19.8 Å². The van der Waals surface area contributed by atoms with Gasteiger partial charge in [-0.05, 0) is 49.8 Å². The smallest absolute Gasteiger partial charge is 0.282 e. The van der Waals surface area contributed by atoms with E-state index in [1.165, 1.54) is 12.8 Å². The molecule has 2 bridgehead atoms. The number of nitrogens with one attached hydrogen (secondary N) is 1. The minimum atomic E-state index is 0.0875. The van der Waals surface area contributed by atoms with Crippen LogP contribution in [0.4, 0.5) is 5.69 Å². The van der Waals surface area contributed by atoms with Crippen LogP contribution in [0.5, 0.6) is 0 Å². The molecule has 0 saturated carbocycles. The van der Waals surface area contributed by atoms with Gasteiger partial charge in [-0.15, -0.1) is 0 Å². The fourth-order valence-corrected chi connectivity index (χ4v) is 4.36. The Balaban J connectivity index is 1.83. The molecule has 1 aromatic rings. The van der Waals surface area contributed by atoms with E-state index in [-0.39, 0.29) is 11.9 Å². The molecule has 0 spiro atoms. The Morgan fingerprint density at radius 3 is 2.55 bits per heavy atom. The molecule has 1 amide bonds. The van der Waals surface area contributed by atoms with Crippen LogP contribution in [-0.2, 0) is 4.79 Å². The molecule has 4 rings (SSSR count). The molecule has 3 aliphatic heterocycles. The summed E-state index contributed by atoms with van der Waals surface area (Å²) in [6.07, 6.45) is 5.55. The molecule has 3 saturated heterocycles. The van der Waals surface area contributed by atoms with Crippen molar-refractivity contribution in [1.82, 2.24) is 0 Å². The Morgan fingerprint density at radius 1 is 1.32 bits per heavy atom. The van der Waals surface area contributed by atoms with Crippen molar-refractivity contribution >= 4 is 11.6 Å². The van der Waals surface area contributed by atoms with Crippen LogP contribution in [-0.4, -0.2) is 36.1 Å². The lowest BCUT2D eigenvalue weighted by Gasteiger charge is -2.53. The summed E-state index contributed by atoms with van der Waals surface area (Å²) in [6.45, 7) is 11.2. The fraction of sp³-hybridized carbons (Fsp3) is 0.526. The second-order valence-corrected chi connectivity index (χ2v) is 7.09. The first kappa shape index (κ1) is 15.3. The number of quaternary nitrogens is 1. The normalized spacial score (nSPS) is 30.1. The molecule has 3 heterocycles. The van der Waals surface area contributed by atoms with Gasteiger partial charge in [0.25, 0.3) is 5.91 Å². The van der Waals surface area contributed by atoms with Gasteiger partial charge in [0.05, 0.1) is 19.6 Å². The van der Waals surface area contributed by atoms with E-state index in [9.17, 15) is 4.79 Å². The highest BCUT2D eigenvalue weighted by Crippen LogP contribution is 2.39. The number of fused-ring (bicyclic) bond motifs is 3. The van der Waals surface area contributed by atoms with Crippen molar-refractivity contribution in [2.24, 2.45) is 5.92 Å². The largest absolute Gasteiger partial charge is 0.320 e. The van der Waals surface area contributed by atoms with Crippen molar-refractivity contribution < 1.29 is 9.28 Å². The molecular formula is C19H27N2O+. The highest BCUT2D eigenvalue weighted by Gasteiger charge is 2.50. The van der Waals surface area contributed by atoms with E-state index < -0.39 is 0 Å². The number of carbonyl (C=O) groups is 1. The lowest BCUT2D eigenvalue weighted by Crippen LogP contribution is -2.67. The average molecular weight is 299 g/mol. The molecule has 1 N–H and O–H groups in total. The molecule has 3 nitrogen and oxygen atoms in total. The van der Waals surface area contributed by atoms with E-state index in [0.717, 1.165) is 53.3 Å². The summed E-state index contributed by atoms with van der Waals surface area (Å²) in [4.78, 5) is 13.0. The summed E-state index contributed by atoms with van der Waals surface area (Å²) >= 11 is 0. The third kappa shape index (κ3) is 2.58. The summed E-state index contributed by atoms with van der Waals surface area (Å²) in [7, 11) is 0. The highest BCUT2D eigenvalue weighted by atomic mass is 16.2. The van der Waals surface area contributed by atoms with Crippen molar-refractivity contribution in [2.45, 2.75) is 39.2 Å². The predicted molar refractivity (Wildman–Crippen MR) is 90.7 cm³/mol. The number of piperidine rings is 3. The highest BCUT2D eigenvalue weighted by molar-refractivity contribution is 5.95. The first-order chi connectivity index (χ1) is 10.6. The van der Waals surface area contributed by atoms with Gasteiger partial charge >= 0.3 is 0 Å². The van der Waals surface area contributed by atoms with Crippen LogP contribution < -0.4 is 5.32 Å². The number of amides is 1. The van der Waals surface area contributed by atoms with Crippen molar-refractivity contribution in [2.75, 3.05) is 25.0 Å². The predicted octanol–water partition coefficient (Wildman–Crippen LogP) is 3.43. The Hall–Kier alpha value is -1.61. The van der Waals surface area contributed by atoms with Crippen molar-refractivity contribution in [3.8, 4) is 0 Å². The minimum Gasteiger partial charge on any atom is -0.320 e. The van der Waals surface area contributed by atoms with E-state index in [1.54, 1.807) is 0 Å². The maximum atomic E-state index is 13.0. The van der Waals surface area contributed by atoms with Crippen LogP contribution in [0.3, 0.4) is 0 Å². The van der Waals surface area contributed by atoms with Gasteiger partial charge in [-0.3, -0.25) is 4.79 Å². The van der Waals surface area contributed by atoms with Crippen LogP contribution >= 0.6 is 0 Å². The molecule has 0 radical (unpaired) electrons. The topological polar surface area (TPSA) is 29.1 Å². The maximum Gasteiger partial charge on any atom is 0.282 e. The van der Waals surface area contributed by atoms with Gasteiger partial charge in [-0.2, -0.15) is 0 Å². The first-order valence-electron chi connectivity index (χ1n) is 8.39. The number of hydrogen-bond donors (Lipinski definition) is 1. The summed E-state index contributed by atoms with van der Waals surface area (Å²) in [6, 6.07) is 6.25. The van der Waals surface area contributed by atoms with Gasteiger partial charge in [0.1, 0.15) is 0 Å². The zero-order chi connectivity index (χ0) is 15.7. The lowest BCUT2D eigenvalue weighted by atomic mass is 9.80. The van der Waals surface area contributed by atoms with Crippen molar-refractivity contribution in [3.05, 3.63) is 42.0 Å². The molecular weight excluding hydrogens is 272 g/mol. The molecule has 22 heavy (non-hydrogen) atoms. The standard InChI is InChI=1S/C19H26N2O/c1-4-10-21-11-8-16(9-12-21)13-17(21)19(22)20-18-14(2)6-5-7-15(18)3/h4-7,16-17H,1,8-13H2,2-3H3/p+1.